The Labute approximate surface area is 180 Å². The lowest BCUT2D eigenvalue weighted by Crippen LogP contribution is -2.44. The van der Waals surface area contributed by atoms with Crippen molar-refractivity contribution in [2.75, 3.05) is 40.0 Å². The Morgan fingerprint density at radius 3 is 2.37 bits per heavy atom. The van der Waals surface area contributed by atoms with Crippen molar-refractivity contribution < 1.29 is 23.9 Å². The minimum atomic E-state index is -0.401. The van der Waals surface area contributed by atoms with Crippen LogP contribution in [0.2, 0.25) is 0 Å². The Morgan fingerprint density at radius 1 is 1.03 bits per heavy atom. The number of methoxy groups -OCH3 is 1. The largest absolute Gasteiger partial charge is 0.466 e. The number of aryl methyl sites for hydroxylation is 1. The molecule has 0 bridgehead atoms. The summed E-state index contributed by atoms with van der Waals surface area (Å²) in [6.45, 7) is 6.16. The summed E-state index contributed by atoms with van der Waals surface area (Å²) >= 11 is 0. The maximum atomic E-state index is 13.1. The first-order valence-corrected chi connectivity index (χ1v) is 10.7. The minimum absolute atomic E-state index is 0.000486. The fraction of sp³-hybridized carbons (Fsp3) is 0.682. The van der Waals surface area contributed by atoms with Gasteiger partial charge in [0, 0.05) is 52.2 Å². The molecule has 0 aromatic carbocycles. The first-order chi connectivity index (χ1) is 14.4. The Morgan fingerprint density at radius 2 is 1.77 bits per heavy atom. The molecule has 0 atom stereocenters. The molecule has 0 saturated heterocycles. The molecule has 170 valence electrons. The van der Waals surface area contributed by atoms with Crippen molar-refractivity contribution >= 4 is 17.8 Å². The third-order valence-electron chi connectivity index (χ3n) is 4.84. The zero-order valence-corrected chi connectivity index (χ0v) is 18.9. The number of amides is 2. The van der Waals surface area contributed by atoms with Crippen LogP contribution >= 0.6 is 0 Å². The summed E-state index contributed by atoms with van der Waals surface area (Å²) in [5, 5.41) is 0. The van der Waals surface area contributed by atoms with Gasteiger partial charge in [-0.15, -0.1) is 0 Å². The zero-order chi connectivity index (χ0) is 22.4. The van der Waals surface area contributed by atoms with Crippen molar-refractivity contribution in [2.24, 2.45) is 7.05 Å². The third-order valence-corrected chi connectivity index (χ3v) is 4.84. The Bertz CT molecular complexity index is 659. The minimum Gasteiger partial charge on any atom is -0.466 e. The smallest absolute Gasteiger partial charge is 0.306 e. The normalized spacial score (nSPS) is 10.7. The number of ether oxygens (including phenoxy) is 2. The highest BCUT2D eigenvalue weighted by Crippen LogP contribution is 2.09. The van der Waals surface area contributed by atoms with Crippen LogP contribution in [-0.2, 0) is 37.4 Å². The molecule has 0 radical (unpaired) electrons. The van der Waals surface area contributed by atoms with Gasteiger partial charge >= 0.3 is 5.97 Å². The molecule has 30 heavy (non-hydrogen) atoms. The second-order valence-corrected chi connectivity index (χ2v) is 7.25. The summed E-state index contributed by atoms with van der Waals surface area (Å²) < 4.78 is 12.0. The lowest BCUT2D eigenvalue weighted by atomic mass is 10.2. The van der Waals surface area contributed by atoms with Gasteiger partial charge < -0.3 is 23.8 Å². The maximum absolute atomic E-state index is 13.1. The molecule has 0 spiro atoms. The van der Waals surface area contributed by atoms with Crippen LogP contribution in [0.5, 0.6) is 0 Å². The molecule has 1 heterocycles. The molecule has 0 aliphatic rings. The Kier molecular flexibility index (Phi) is 12.5. The summed E-state index contributed by atoms with van der Waals surface area (Å²) in [6.07, 6.45) is 4.51. The quantitative estimate of drug-likeness (QED) is 0.320. The second-order valence-electron chi connectivity index (χ2n) is 7.25. The number of carbonyl (C=O) groups is 3. The van der Waals surface area contributed by atoms with E-state index in [9.17, 15) is 14.4 Å². The van der Waals surface area contributed by atoms with Crippen LogP contribution in [0.25, 0.3) is 0 Å². The number of esters is 1. The standard InChI is InChI=1S/C22H37N3O5/c1-5-7-14-24(17-19-10-8-13-23(19)3)21(27)18-25(15-9-16-29-4)20(26)11-12-22(28)30-6-2/h8,10,13H,5-7,9,11-12,14-18H2,1-4H3. The molecule has 0 aliphatic heterocycles. The number of aromatic nitrogens is 1. The molecule has 8 nitrogen and oxygen atoms in total. The average molecular weight is 424 g/mol. The number of carbonyl (C=O) groups excluding carboxylic acids is 3. The van der Waals surface area contributed by atoms with Crippen LogP contribution in [0.3, 0.4) is 0 Å². The van der Waals surface area contributed by atoms with Gasteiger partial charge in [0.05, 0.1) is 26.1 Å². The molecule has 1 rings (SSSR count). The van der Waals surface area contributed by atoms with E-state index < -0.39 is 5.97 Å². The van der Waals surface area contributed by atoms with Crippen molar-refractivity contribution in [3.63, 3.8) is 0 Å². The molecule has 0 fully saturated rings. The molecule has 1 aromatic heterocycles. The van der Waals surface area contributed by atoms with E-state index in [1.165, 1.54) is 4.90 Å². The van der Waals surface area contributed by atoms with Crippen LogP contribution in [0.1, 0.15) is 51.6 Å². The van der Waals surface area contributed by atoms with Crippen LogP contribution in [0.4, 0.5) is 0 Å². The SMILES string of the molecule is CCCCN(Cc1cccn1C)C(=O)CN(CCCOC)C(=O)CCC(=O)OCC. The number of nitrogens with zero attached hydrogens (tertiary/aromatic N) is 3. The van der Waals surface area contributed by atoms with E-state index in [2.05, 4.69) is 6.92 Å². The number of unbranched alkanes of at least 4 members (excludes halogenated alkanes) is 1. The first kappa shape index (κ1) is 25.7. The third kappa shape index (κ3) is 9.43. The van der Waals surface area contributed by atoms with Crippen molar-refractivity contribution in [1.29, 1.82) is 0 Å². The van der Waals surface area contributed by atoms with Gasteiger partial charge in [-0.3, -0.25) is 14.4 Å². The monoisotopic (exact) mass is 423 g/mol. The van der Waals surface area contributed by atoms with Gasteiger partial charge in [0.25, 0.3) is 0 Å². The van der Waals surface area contributed by atoms with Gasteiger partial charge in [-0.25, -0.2) is 0 Å². The van der Waals surface area contributed by atoms with Gasteiger partial charge in [-0.1, -0.05) is 13.3 Å². The van der Waals surface area contributed by atoms with E-state index in [4.69, 9.17) is 9.47 Å². The molecule has 2 amide bonds. The van der Waals surface area contributed by atoms with E-state index in [1.54, 1.807) is 18.9 Å². The summed E-state index contributed by atoms with van der Waals surface area (Å²) in [7, 11) is 3.55. The van der Waals surface area contributed by atoms with E-state index in [-0.39, 0.29) is 37.8 Å². The summed E-state index contributed by atoms with van der Waals surface area (Å²) in [4.78, 5) is 40.7. The van der Waals surface area contributed by atoms with E-state index >= 15 is 0 Å². The molecular weight excluding hydrogens is 386 g/mol. The van der Waals surface area contributed by atoms with Crippen molar-refractivity contribution in [3.8, 4) is 0 Å². The van der Waals surface area contributed by atoms with Crippen molar-refractivity contribution in [2.45, 2.75) is 52.5 Å². The van der Waals surface area contributed by atoms with Gasteiger partial charge in [-0.2, -0.15) is 0 Å². The maximum Gasteiger partial charge on any atom is 0.306 e. The zero-order valence-electron chi connectivity index (χ0n) is 18.9. The van der Waals surface area contributed by atoms with Gasteiger partial charge in [0.1, 0.15) is 0 Å². The molecule has 0 N–H and O–H groups in total. The fourth-order valence-corrected chi connectivity index (χ4v) is 3.05. The molecule has 0 aliphatic carbocycles. The van der Waals surface area contributed by atoms with Crippen LogP contribution < -0.4 is 0 Å². The highest BCUT2D eigenvalue weighted by Gasteiger charge is 2.22. The number of rotatable bonds is 15. The van der Waals surface area contributed by atoms with Gasteiger partial charge in [0.2, 0.25) is 11.8 Å². The number of hydrogen-bond acceptors (Lipinski definition) is 5. The highest BCUT2D eigenvalue weighted by molar-refractivity contribution is 5.86. The number of hydrogen-bond donors (Lipinski definition) is 0. The predicted molar refractivity (Wildman–Crippen MR) is 115 cm³/mol. The lowest BCUT2D eigenvalue weighted by Gasteiger charge is -2.28. The van der Waals surface area contributed by atoms with Crippen molar-refractivity contribution in [1.82, 2.24) is 14.4 Å². The van der Waals surface area contributed by atoms with E-state index in [0.29, 0.717) is 32.7 Å². The van der Waals surface area contributed by atoms with E-state index in [0.717, 1.165) is 18.5 Å². The lowest BCUT2D eigenvalue weighted by molar-refractivity contribution is -0.146. The van der Waals surface area contributed by atoms with Gasteiger partial charge in [-0.05, 0) is 31.9 Å². The molecule has 0 saturated carbocycles. The topological polar surface area (TPSA) is 81.1 Å². The summed E-state index contributed by atoms with van der Waals surface area (Å²) in [5.41, 5.74) is 1.04. The first-order valence-electron chi connectivity index (χ1n) is 10.7. The van der Waals surface area contributed by atoms with Gasteiger partial charge in [0.15, 0.2) is 0 Å². The fourth-order valence-electron chi connectivity index (χ4n) is 3.05. The molecule has 8 heteroatoms. The van der Waals surface area contributed by atoms with Crippen molar-refractivity contribution in [3.05, 3.63) is 24.0 Å². The molecule has 1 aromatic rings. The highest BCUT2D eigenvalue weighted by atomic mass is 16.5. The Hall–Kier alpha value is -2.35. The average Bonchev–Trinajstić information content (AvgIpc) is 3.13. The van der Waals surface area contributed by atoms with E-state index in [1.807, 2.05) is 29.9 Å². The molecular formula is C22H37N3O5. The second kappa shape index (κ2) is 14.6. The summed E-state index contributed by atoms with van der Waals surface area (Å²) in [6, 6.07) is 3.95. The molecule has 0 unspecified atom stereocenters. The summed E-state index contributed by atoms with van der Waals surface area (Å²) in [5.74, 6) is -0.712. The predicted octanol–water partition coefficient (Wildman–Crippen LogP) is 2.36. The van der Waals surface area contributed by atoms with Crippen LogP contribution in [0.15, 0.2) is 18.3 Å². The Balaban J connectivity index is 2.80. The van der Waals surface area contributed by atoms with Crippen LogP contribution in [-0.4, -0.2) is 72.1 Å². The van der Waals surface area contributed by atoms with Crippen LogP contribution in [0, 0.1) is 0 Å².